The molecule has 0 spiro atoms. The zero-order valence-electron chi connectivity index (χ0n) is 11.9. The number of hydrogen-bond acceptors (Lipinski definition) is 2. The van der Waals surface area contributed by atoms with Crippen molar-refractivity contribution in [2.24, 2.45) is 11.3 Å². The third kappa shape index (κ3) is 2.55. The largest absolute Gasteiger partial charge is 0.481 e. The van der Waals surface area contributed by atoms with Crippen molar-refractivity contribution < 1.29 is 14.7 Å². The van der Waals surface area contributed by atoms with Crippen LogP contribution in [0.5, 0.6) is 0 Å². The van der Waals surface area contributed by atoms with Crippen LogP contribution in [0.3, 0.4) is 0 Å². The lowest BCUT2D eigenvalue weighted by atomic mass is 9.76. The highest BCUT2D eigenvalue weighted by Crippen LogP contribution is 2.38. The van der Waals surface area contributed by atoms with Gasteiger partial charge in [0.05, 0.1) is 5.41 Å². The molecule has 19 heavy (non-hydrogen) atoms. The average molecular weight is 268 g/mol. The second-order valence-corrected chi connectivity index (χ2v) is 6.12. The van der Waals surface area contributed by atoms with Gasteiger partial charge >= 0.3 is 12.0 Å². The zero-order chi connectivity index (χ0) is 14.0. The summed E-state index contributed by atoms with van der Waals surface area (Å²) in [5.74, 6) is -0.722. The predicted octanol–water partition coefficient (Wildman–Crippen LogP) is 2.03. The van der Waals surface area contributed by atoms with Crippen molar-refractivity contribution in [1.29, 1.82) is 0 Å². The minimum atomic E-state index is -0.767. The second-order valence-electron chi connectivity index (χ2n) is 6.12. The van der Waals surface area contributed by atoms with Crippen LogP contribution in [-0.4, -0.2) is 53.1 Å². The highest BCUT2D eigenvalue weighted by molar-refractivity contribution is 5.80. The van der Waals surface area contributed by atoms with Gasteiger partial charge in [-0.1, -0.05) is 13.8 Å². The summed E-state index contributed by atoms with van der Waals surface area (Å²) in [5, 5.41) is 9.49. The van der Waals surface area contributed by atoms with Gasteiger partial charge in [0, 0.05) is 26.2 Å². The fourth-order valence-electron chi connectivity index (χ4n) is 3.17. The normalized spacial score (nSPS) is 27.9. The maximum absolute atomic E-state index is 12.4. The van der Waals surface area contributed by atoms with E-state index in [4.69, 9.17) is 0 Å². The molecule has 0 aromatic carbocycles. The Kier molecular flexibility index (Phi) is 4.02. The molecule has 1 unspecified atom stereocenters. The van der Waals surface area contributed by atoms with E-state index >= 15 is 0 Å². The Hall–Kier alpha value is -1.26. The molecule has 5 heteroatoms. The van der Waals surface area contributed by atoms with Gasteiger partial charge in [0.25, 0.3) is 0 Å². The molecule has 0 saturated carbocycles. The van der Waals surface area contributed by atoms with Crippen molar-refractivity contribution in [3.63, 3.8) is 0 Å². The molecule has 0 aromatic rings. The van der Waals surface area contributed by atoms with Crippen LogP contribution in [0.1, 0.15) is 39.5 Å². The number of piperidine rings is 1. The Bertz CT molecular complexity index is 364. The van der Waals surface area contributed by atoms with Crippen molar-refractivity contribution in [3.05, 3.63) is 0 Å². The van der Waals surface area contributed by atoms with Gasteiger partial charge in [0.2, 0.25) is 0 Å². The molecule has 2 aliphatic heterocycles. The first-order valence-corrected chi connectivity index (χ1v) is 7.24. The van der Waals surface area contributed by atoms with E-state index in [9.17, 15) is 14.7 Å². The summed E-state index contributed by atoms with van der Waals surface area (Å²) in [6, 6.07) is 0.0310. The third-order valence-electron chi connectivity index (χ3n) is 4.73. The van der Waals surface area contributed by atoms with Gasteiger partial charge in [-0.15, -0.1) is 0 Å². The number of carboxylic acids is 1. The molecule has 2 heterocycles. The average Bonchev–Trinajstić information content (AvgIpc) is 2.85. The first kappa shape index (κ1) is 14.2. The molecule has 0 aliphatic carbocycles. The molecule has 1 atom stereocenters. The number of amides is 2. The predicted molar refractivity (Wildman–Crippen MR) is 71.9 cm³/mol. The minimum absolute atomic E-state index is 0.0310. The lowest BCUT2D eigenvalue weighted by Crippen LogP contribution is -2.47. The fraction of sp³-hybridized carbons (Fsp3) is 0.857. The Morgan fingerprint density at radius 2 is 1.68 bits per heavy atom. The number of aliphatic carboxylic acids is 1. The van der Waals surface area contributed by atoms with Gasteiger partial charge in [0.15, 0.2) is 0 Å². The lowest BCUT2D eigenvalue weighted by molar-refractivity contribution is -0.150. The first-order chi connectivity index (χ1) is 8.97. The maximum Gasteiger partial charge on any atom is 0.320 e. The highest BCUT2D eigenvalue weighted by atomic mass is 16.4. The number of carbonyl (C=O) groups is 2. The molecule has 1 N–H and O–H groups in total. The second kappa shape index (κ2) is 5.39. The summed E-state index contributed by atoms with van der Waals surface area (Å²) in [6.45, 7) is 6.43. The SMILES string of the molecule is CC(C)C1(C(=O)O)CCN(C(=O)N2CCCCC2)C1. The highest BCUT2D eigenvalue weighted by Gasteiger charge is 2.49. The van der Waals surface area contributed by atoms with Crippen LogP contribution in [0, 0.1) is 11.3 Å². The maximum atomic E-state index is 12.4. The number of carbonyl (C=O) groups excluding carboxylic acids is 1. The van der Waals surface area contributed by atoms with E-state index in [0.29, 0.717) is 19.5 Å². The molecule has 2 amide bonds. The van der Waals surface area contributed by atoms with Crippen LogP contribution < -0.4 is 0 Å². The first-order valence-electron chi connectivity index (χ1n) is 7.24. The Morgan fingerprint density at radius 1 is 1.05 bits per heavy atom. The van der Waals surface area contributed by atoms with Crippen LogP contribution >= 0.6 is 0 Å². The quantitative estimate of drug-likeness (QED) is 0.833. The van der Waals surface area contributed by atoms with Crippen LogP contribution in [0.15, 0.2) is 0 Å². The smallest absolute Gasteiger partial charge is 0.320 e. The minimum Gasteiger partial charge on any atom is -0.481 e. The van der Waals surface area contributed by atoms with E-state index in [2.05, 4.69) is 0 Å². The van der Waals surface area contributed by atoms with Crippen molar-refractivity contribution in [1.82, 2.24) is 9.80 Å². The number of rotatable bonds is 2. The van der Waals surface area contributed by atoms with Crippen LogP contribution in [0.25, 0.3) is 0 Å². The standard InChI is InChI=1S/C14H24N2O3/c1-11(2)14(12(17)18)6-9-16(10-14)13(19)15-7-4-3-5-8-15/h11H,3-10H2,1-2H3,(H,17,18). The summed E-state index contributed by atoms with van der Waals surface area (Å²) >= 11 is 0. The molecule has 2 fully saturated rings. The summed E-state index contributed by atoms with van der Waals surface area (Å²) < 4.78 is 0. The number of hydrogen-bond donors (Lipinski definition) is 1. The van der Waals surface area contributed by atoms with E-state index in [1.54, 1.807) is 4.90 Å². The van der Waals surface area contributed by atoms with Gasteiger partial charge in [-0.3, -0.25) is 4.79 Å². The lowest BCUT2D eigenvalue weighted by Gasteiger charge is -2.33. The molecule has 0 aromatic heterocycles. The number of nitrogens with zero attached hydrogens (tertiary/aromatic N) is 2. The van der Waals surface area contributed by atoms with Gasteiger partial charge in [-0.2, -0.15) is 0 Å². The van der Waals surface area contributed by atoms with Gasteiger partial charge in [-0.25, -0.2) is 4.79 Å². The van der Waals surface area contributed by atoms with E-state index in [1.807, 2.05) is 18.7 Å². The molecular weight excluding hydrogens is 244 g/mol. The molecule has 108 valence electrons. The fourth-order valence-corrected chi connectivity index (χ4v) is 3.17. The molecule has 2 rings (SSSR count). The zero-order valence-corrected chi connectivity index (χ0v) is 11.9. The Labute approximate surface area is 114 Å². The van der Waals surface area contributed by atoms with E-state index in [1.165, 1.54) is 6.42 Å². The van der Waals surface area contributed by atoms with Gasteiger partial charge < -0.3 is 14.9 Å². The molecule has 2 aliphatic rings. The summed E-state index contributed by atoms with van der Waals surface area (Å²) in [4.78, 5) is 27.6. The number of likely N-dealkylation sites (tertiary alicyclic amines) is 2. The van der Waals surface area contributed by atoms with Crippen molar-refractivity contribution >= 4 is 12.0 Å². The molecule has 0 bridgehead atoms. The topological polar surface area (TPSA) is 60.9 Å². The van der Waals surface area contributed by atoms with Crippen LogP contribution in [0.2, 0.25) is 0 Å². The Morgan fingerprint density at radius 3 is 2.16 bits per heavy atom. The van der Waals surface area contributed by atoms with Crippen molar-refractivity contribution in [2.45, 2.75) is 39.5 Å². The van der Waals surface area contributed by atoms with E-state index in [0.717, 1.165) is 25.9 Å². The summed E-state index contributed by atoms with van der Waals surface area (Å²) in [7, 11) is 0. The van der Waals surface area contributed by atoms with E-state index < -0.39 is 11.4 Å². The van der Waals surface area contributed by atoms with E-state index in [-0.39, 0.29) is 11.9 Å². The van der Waals surface area contributed by atoms with Crippen molar-refractivity contribution in [3.8, 4) is 0 Å². The summed E-state index contributed by atoms with van der Waals surface area (Å²) in [5.41, 5.74) is -0.758. The van der Waals surface area contributed by atoms with Gasteiger partial charge in [0.1, 0.15) is 0 Å². The monoisotopic (exact) mass is 268 g/mol. The molecule has 2 saturated heterocycles. The number of carboxylic acid groups (broad SMARTS) is 1. The molecular formula is C14H24N2O3. The molecule has 0 radical (unpaired) electrons. The van der Waals surface area contributed by atoms with Gasteiger partial charge in [-0.05, 0) is 31.6 Å². The molecule has 5 nitrogen and oxygen atoms in total. The number of urea groups is 1. The third-order valence-corrected chi connectivity index (χ3v) is 4.73. The van der Waals surface area contributed by atoms with Crippen molar-refractivity contribution in [2.75, 3.05) is 26.2 Å². The summed E-state index contributed by atoms with van der Waals surface area (Å²) in [6.07, 6.45) is 3.89. The van der Waals surface area contributed by atoms with Crippen LogP contribution in [-0.2, 0) is 4.79 Å². The van der Waals surface area contributed by atoms with Crippen LogP contribution in [0.4, 0.5) is 4.79 Å². The Balaban J connectivity index is 2.04.